The number of nitriles is 1. The number of aliphatic hydroxyl groups is 2. The zero-order valence-electron chi connectivity index (χ0n) is 17.6. The van der Waals surface area contributed by atoms with Gasteiger partial charge in [0, 0.05) is 17.6 Å². The van der Waals surface area contributed by atoms with E-state index in [1.54, 1.807) is 23.8 Å². The summed E-state index contributed by atoms with van der Waals surface area (Å²) in [5.41, 5.74) is 2.21. The quantitative estimate of drug-likeness (QED) is 0.375. The van der Waals surface area contributed by atoms with E-state index in [4.69, 9.17) is 19.3 Å². The highest BCUT2D eigenvalue weighted by Crippen LogP contribution is 2.38. The van der Waals surface area contributed by atoms with Gasteiger partial charge in [0.25, 0.3) is 0 Å². The van der Waals surface area contributed by atoms with Gasteiger partial charge in [0.2, 0.25) is 0 Å². The number of aryl methyl sites for hydroxylation is 1. The standard InChI is InChI=1S/C20H27N4O7P/c1-11-14(8-21)16(23-12-4-2-3-5-12)13-6-7-24(19(13)22-11)20-18(26)17(25)15(31-20)9-30-10-32(27,28)29/h6-7,12,15,17-18,20,25-26H,2-5,9-10H2,1H3,(H,22,23)(H2,27,28,29)/t15-,17-,18-,20-/m1/s1. The summed E-state index contributed by atoms with van der Waals surface area (Å²) in [7, 11) is -4.36. The van der Waals surface area contributed by atoms with E-state index < -0.39 is 38.5 Å². The number of hydrogen-bond acceptors (Lipinski definition) is 8. The Kier molecular flexibility index (Phi) is 6.56. The summed E-state index contributed by atoms with van der Waals surface area (Å²) in [5.74, 6) is 0. The van der Waals surface area contributed by atoms with Gasteiger partial charge in [-0.15, -0.1) is 0 Å². The van der Waals surface area contributed by atoms with Crippen molar-refractivity contribution in [2.45, 2.75) is 63.2 Å². The molecule has 1 saturated carbocycles. The average Bonchev–Trinajstić information content (AvgIpc) is 3.44. The zero-order valence-corrected chi connectivity index (χ0v) is 18.5. The molecule has 3 heterocycles. The van der Waals surface area contributed by atoms with Crippen molar-refractivity contribution in [1.82, 2.24) is 9.55 Å². The molecule has 0 radical (unpaired) electrons. The normalized spacial score (nSPS) is 26.6. The monoisotopic (exact) mass is 466 g/mol. The topological polar surface area (TPSA) is 170 Å². The first-order valence-electron chi connectivity index (χ1n) is 10.5. The van der Waals surface area contributed by atoms with Crippen molar-refractivity contribution < 1.29 is 34.0 Å². The van der Waals surface area contributed by atoms with Gasteiger partial charge in [-0.1, -0.05) is 12.8 Å². The van der Waals surface area contributed by atoms with E-state index in [0.29, 0.717) is 28.0 Å². The van der Waals surface area contributed by atoms with Crippen LogP contribution < -0.4 is 5.32 Å². The SMILES string of the molecule is Cc1nc2c(ccn2[C@@H]2O[C@H](COCP(=O)(O)O)[C@@H](O)[C@H]2O)c(NC2CCCC2)c1C#N. The second-order valence-corrected chi connectivity index (χ2v) is 9.94. The Morgan fingerprint density at radius 2 is 2.06 bits per heavy atom. The molecule has 1 aliphatic carbocycles. The molecule has 0 aromatic carbocycles. The fourth-order valence-electron chi connectivity index (χ4n) is 4.43. The van der Waals surface area contributed by atoms with Crippen LogP contribution in [-0.2, 0) is 14.0 Å². The smallest absolute Gasteiger partial charge is 0.350 e. The molecule has 1 saturated heterocycles. The first-order chi connectivity index (χ1) is 15.2. The number of hydrogen-bond donors (Lipinski definition) is 5. The molecule has 11 nitrogen and oxygen atoms in total. The van der Waals surface area contributed by atoms with Crippen LogP contribution in [0.4, 0.5) is 5.69 Å². The molecule has 0 unspecified atom stereocenters. The Morgan fingerprint density at radius 1 is 1.34 bits per heavy atom. The van der Waals surface area contributed by atoms with Crippen LogP contribution in [-0.4, -0.2) is 66.9 Å². The fraction of sp³-hybridized carbons (Fsp3) is 0.600. The molecule has 12 heteroatoms. The third kappa shape index (κ3) is 4.54. The summed E-state index contributed by atoms with van der Waals surface area (Å²) in [4.78, 5) is 22.4. The summed E-state index contributed by atoms with van der Waals surface area (Å²) < 4.78 is 23.3. The lowest BCUT2D eigenvalue weighted by molar-refractivity contribution is -0.0610. The highest BCUT2D eigenvalue weighted by Gasteiger charge is 2.44. The highest BCUT2D eigenvalue weighted by molar-refractivity contribution is 7.51. The van der Waals surface area contributed by atoms with E-state index in [9.17, 15) is 20.0 Å². The lowest BCUT2D eigenvalue weighted by atomic mass is 10.1. The second-order valence-electron chi connectivity index (χ2n) is 8.36. The first kappa shape index (κ1) is 23.1. The average molecular weight is 466 g/mol. The number of ether oxygens (including phenoxy) is 2. The van der Waals surface area contributed by atoms with Gasteiger partial charge in [-0.05, 0) is 25.8 Å². The minimum Gasteiger partial charge on any atom is -0.387 e. The van der Waals surface area contributed by atoms with Crippen molar-refractivity contribution in [3.63, 3.8) is 0 Å². The van der Waals surface area contributed by atoms with E-state index in [1.807, 2.05) is 0 Å². The molecular formula is C20H27N4O7P. The van der Waals surface area contributed by atoms with Crippen LogP contribution in [0.15, 0.2) is 12.3 Å². The van der Waals surface area contributed by atoms with Crippen molar-refractivity contribution >= 4 is 24.3 Å². The summed E-state index contributed by atoms with van der Waals surface area (Å²) in [5, 5.41) is 34.9. The number of aromatic nitrogens is 2. The number of pyridine rings is 1. The van der Waals surface area contributed by atoms with Gasteiger partial charge in [-0.25, -0.2) is 4.98 Å². The Balaban J connectivity index is 1.62. The molecule has 2 aliphatic rings. The van der Waals surface area contributed by atoms with Crippen molar-refractivity contribution in [2.75, 3.05) is 18.3 Å². The number of fused-ring (bicyclic) bond motifs is 1. The number of aliphatic hydroxyl groups excluding tert-OH is 2. The van der Waals surface area contributed by atoms with E-state index in [0.717, 1.165) is 25.7 Å². The summed E-state index contributed by atoms with van der Waals surface area (Å²) in [6.45, 7) is 1.45. The van der Waals surface area contributed by atoms with Crippen LogP contribution in [0, 0.1) is 18.3 Å². The number of nitrogens with zero attached hydrogens (tertiary/aromatic N) is 3. The van der Waals surface area contributed by atoms with Gasteiger partial charge < -0.3 is 39.4 Å². The van der Waals surface area contributed by atoms with Crippen molar-refractivity contribution in [3.05, 3.63) is 23.5 Å². The Labute approximate surface area is 184 Å². The molecule has 174 valence electrons. The van der Waals surface area contributed by atoms with E-state index in [2.05, 4.69) is 16.4 Å². The van der Waals surface area contributed by atoms with Crippen LogP contribution in [0.25, 0.3) is 11.0 Å². The molecule has 4 rings (SSSR count). The summed E-state index contributed by atoms with van der Waals surface area (Å²) >= 11 is 0. The third-order valence-corrected chi connectivity index (χ3v) is 6.53. The van der Waals surface area contributed by atoms with Gasteiger partial charge in [0.05, 0.1) is 23.6 Å². The summed E-state index contributed by atoms with van der Waals surface area (Å²) in [6, 6.07) is 4.30. The molecule has 1 aliphatic heterocycles. The van der Waals surface area contributed by atoms with Gasteiger partial charge in [-0.3, -0.25) is 4.57 Å². The predicted molar refractivity (Wildman–Crippen MR) is 114 cm³/mol. The van der Waals surface area contributed by atoms with Crippen molar-refractivity contribution in [3.8, 4) is 6.07 Å². The maximum atomic E-state index is 11.0. The zero-order chi connectivity index (χ0) is 23.0. The van der Waals surface area contributed by atoms with Crippen LogP contribution in [0.1, 0.15) is 43.2 Å². The predicted octanol–water partition coefficient (Wildman–Crippen LogP) is 1.34. The third-order valence-electron chi connectivity index (χ3n) is 6.01. The molecule has 5 N–H and O–H groups in total. The minimum absolute atomic E-state index is 0.279. The van der Waals surface area contributed by atoms with Gasteiger partial charge in [0.1, 0.15) is 36.4 Å². The van der Waals surface area contributed by atoms with Crippen LogP contribution in [0.2, 0.25) is 0 Å². The molecule has 2 aromatic heterocycles. The van der Waals surface area contributed by atoms with Gasteiger partial charge >= 0.3 is 7.60 Å². The molecule has 0 amide bonds. The molecule has 2 aromatic rings. The molecule has 32 heavy (non-hydrogen) atoms. The maximum Gasteiger partial charge on any atom is 0.350 e. The lowest BCUT2D eigenvalue weighted by Gasteiger charge is -2.20. The van der Waals surface area contributed by atoms with Crippen LogP contribution in [0.5, 0.6) is 0 Å². The van der Waals surface area contributed by atoms with Gasteiger partial charge in [0.15, 0.2) is 6.23 Å². The first-order valence-corrected chi connectivity index (χ1v) is 12.3. The van der Waals surface area contributed by atoms with Crippen molar-refractivity contribution in [2.24, 2.45) is 0 Å². The van der Waals surface area contributed by atoms with Gasteiger partial charge in [-0.2, -0.15) is 5.26 Å². The molecule has 4 atom stereocenters. The largest absolute Gasteiger partial charge is 0.387 e. The molecule has 0 bridgehead atoms. The van der Waals surface area contributed by atoms with Crippen molar-refractivity contribution in [1.29, 1.82) is 5.26 Å². The molecule has 0 spiro atoms. The fourth-order valence-corrected chi connectivity index (χ4v) is 4.78. The number of nitrogens with one attached hydrogen (secondary N) is 1. The van der Waals surface area contributed by atoms with Crippen LogP contribution >= 0.6 is 7.60 Å². The number of anilines is 1. The Hall–Kier alpha value is -2.03. The summed E-state index contributed by atoms with van der Waals surface area (Å²) in [6.07, 6.45) is 0.627. The Morgan fingerprint density at radius 3 is 2.72 bits per heavy atom. The second kappa shape index (κ2) is 9.08. The maximum absolute atomic E-state index is 11.0. The van der Waals surface area contributed by atoms with E-state index >= 15 is 0 Å². The minimum atomic E-state index is -4.36. The molecular weight excluding hydrogens is 439 g/mol. The Bertz CT molecular complexity index is 1070. The highest BCUT2D eigenvalue weighted by atomic mass is 31.2. The lowest BCUT2D eigenvalue weighted by Crippen LogP contribution is -2.33. The molecule has 2 fully saturated rings. The van der Waals surface area contributed by atoms with Crippen LogP contribution in [0.3, 0.4) is 0 Å². The van der Waals surface area contributed by atoms with E-state index in [1.165, 1.54) is 0 Å². The number of rotatable bonds is 7. The van der Waals surface area contributed by atoms with E-state index in [-0.39, 0.29) is 12.6 Å².